The molecule has 3 aromatic heterocycles. The fourth-order valence-corrected chi connectivity index (χ4v) is 3.68. The lowest BCUT2D eigenvalue weighted by molar-refractivity contribution is -0.115. The van der Waals surface area contributed by atoms with E-state index in [2.05, 4.69) is 55.2 Å². The molecule has 0 aliphatic rings. The Hall–Kier alpha value is -3.13. The van der Waals surface area contributed by atoms with E-state index in [-0.39, 0.29) is 12.3 Å². The number of fused-ring (bicyclic) bond motifs is 1. The Morgan fingerprint density at radius 1 is 1.30 bits per heavy atom. The van der Waals surface area contributed by atoms with Crippen LogP contribution in [0.25, 0.3) is 10.9 Å². The number of carbonyl (C=O) groups excluding carboxylic acids is 1. The summed E-state index contributed by atoms with van der Waals surface area (Å²) in [5, 5.41) is 16.9. The summed E-state index contributed by atoms with van der Waals surface area (Å²) in [6, 6.07) is 10.1. The smallest absolute Gasteiger partial charge is 0.231 e. The van der Waals surface area contributed by atoms with E-state index in [1.807, 2.05) is 18.4 Å². The molecule has 4 aromatic rings. The van der Waals surface area contributed by atoms with Crippen LogP contribution in [-0.4, -0.2) is 32.6 Å². The molecule has 0 saturated heterocycles. The van der Waals surface area contributed by atoms with E-state index in [0.717, 1.165) is 35.0 Å². The molecule has 138 valence electrons. The standard InChI is InChI=1S/C19H20N6OS/c1-12-8-17(25-24-12)23-18(26)9-14-11-27-19(22-14)20-7-6-13-10-21-16-5-3-2-4-15(13)16/h2-5,8,10-11,21H,6-7,9H2,1H3,(H,20,22)(H2,23,24,25,26). The van der Waals surface area contributed by atoms with Crippen molar-refractivity contribution >= 4 is 39.1 Å². The molecule has 0 aliphatic carbocycles. The first-order chi connectivity index (χ1) is 13.2. The van der Waals surface area contributed by atoms with Crippen molar-refractivity contribution < 1.29 is 4.79 Å². The molecular formula is C19H20N6OS. The van der Waals surface area contributed by atoms with Gasteiger partial charge in [0.25, 0.3) is 0 Å². The molecule has 0 fully saturated rings. The van der Waals surface area contributed by atoms with E-state index in [4.69, 9.17) is 0 Å². The van der Waals surface area contributed by atoms with E-state index < -0.39 is 0 Å². The Morgan fingerprint density at radius 2 is 2.19 bits per heavy atom. The second kappa shape index (κ2) is 7.63. The van der Waals surface area contributed by atoms with E-state index >= 15 is 0 Å². The molecule has 3 heterocycles. The van der Waals surface area contributed by atoms with Crippen LogP contribution >= 0.6 is 11.3 Å². The Labute approximate surface area is 160 Å². The van der Waals surface area contributed by atoms with Crippen LogP contribution in [0, 0.1) is 6.92 Å². The molecule has 0 unspecified atom stereocenters. The van der Waals surface area contributed by atoms with Gasteiger partial charge in [0.1, 0.15) is 0 Å². The summed E-state index contributed by atoms with van der Waals surface area (Å²) < 4.78 is 0. The monoisotopic (exact) mass is 380 g/mol. The predicted octanol–water partition coefficient (Wildman–Crippen LogP) is 3.49. The number of hydrogen-bond donors (Lipinski definition) is 4. The summed E-state index contributed by atoms with van der Waals surface area (Å²) in [5.74, 6) is 0.405. The van der Waals surface area contributed by atoms with Gasteiger partial charge in [0.15, 0.2) is 10.9 Å². The summed E-state index contributed by atoms with van der Waals surface area (Å²) in [6.45, 7) is 2.67. The van der Waals surface area contributed by atoms with Gasteiger partial charge in [-0.15, -0.1) is 11.3 Å². The third kappa shape index (κ3) is 4.17. The number of carbonyl (C=O) groups is 1. The number of nitrogens with one attached hydrogen (secondary N) is 4. The van der Waals surface area contributed by atoms with Crippen LogP contribution in [0.3, 0.4) is 0 Å². The van der Waals surface area contributed by atoms with Crippen molar-refractivity contribution in [2.24, 2.45) is 0 Å². The van der Waals surface area contributed by atoms with Crippen LogP contribution in [0.5, 0.6) is 0 Å². The minimum Gasteiger partial charge on any atom is -0.361 e. The van der Waals surface area contributed by atoms with Gasteiger partial charge in [0.2, 0.25) is 5.91 Å². The van der Waals surface area contributed by atoms with Crippen LogP contribution in [0.4, 0.5) is 10.9 Å². The lowest BCUT2D eigenvalue weighted by Gasteiger charge is -2.02. The number of para-hydroxylation sites is 1. The highest BCUT2D eigenvalue weighted by Crippen LogP contribution is 2.19. The van der Waals surface area contributed by atoms with Crippen molar-refractivity contribution in [1.82, 2.24) is 20.2 Å². The molecule has 1 amide bonds. The second-order valence-electron chi connectivity index (χ2n) is 6.34. The van der Waals surface area contributed by atoms with Gasteiger partial charge in [-0.1, -0.05) is 18.2 Å². The van der Waals surface area contributed by atoms with Gasteiger partial charge in [-0.3, -0.25) is 9.89 Å². The fourth-order valence-electron chi connectivity index (χ4n) is 2.95. The van der Waals surface area contributed by atoms with Crippen LogP contribution in [-0.2, 0) is 17.6 Å². The molecule has 0 aliphatic heterocycles. The molecule has 1 aromatic carbocycles. The second-order valence-corrected chi connectivity index (χ2v) is 7.20. The average Bonchev–Trinajstić information content (AvgIpc) is 3.36. The summed E-state index contributed by atoms with van der Waals surface area (Å²) in [6.07, 6.45) is 3.19. The number of aromatic amines is 2. The topological polar surface area (TPSA) is 98.5 Å². The molecule has 0 atom stereocenters. The van der Waals surface area contributed by atoms with Crippen molar-refractivity contribution in [3.8, 4) is 0 Å². The van der Waals surface area contributed by atoms with Crippen LogP contribution in [0.1, 0.15) is 17.0 Å². The average molecular weight is 380 g/mol. The lowest BCUT2D eigenvalue weighted by Crippen LogP contribution is -2.15. The highest BCUT2D eigenvalue weighted by atomic mass is 32.1. The molecule has 7 nitrogen and oxygen atoms in total. The maximum absolute atomic E-state index is 12.1. The van der Waals surface area contributed by atoms with Gasteiger partial charge < -0.3 is 15.6 Å². The highest BCUT2D eigenvalue weighted by molar-refractivity contribution is 7.13. The fraction of sp³-hybridized carbons (Fsp3) is 0.211. The van der Waals surface area contributed by atoms with Crippen molar-refractivity contribution in [2.45, 2.75) is 19.8 Å². The first-order valence-electron chi connectivity index (χ1n) is 8.72. The number of hydrogen-bond acceptors (Lipinski definition) is 5. The van der Waals surface area contributed by atoms with Crippen LogP contribution < -0.4 is 10.6 Å². The number of aryl methyl sites for hydroxylation is 1. The summed E-state index contributed by atoms with van der Waals surface area (Å²) in [5.41, 5.74) is 4.09. The SMILES string of the molecule is Cc1cc(NC(=O)Cc2csc(NCCc3c[nH]c4ccccc34)n2)n[nH]1. The van der Waals surface area contributed by atoms with Crippen molar-refractivity contribution in [3.05, 3.63) is 58.9 Å². The van der Waals surface area contributed by atoms with Crippen molar-refractivity contribution in [3.63, 3.8) is 0 Å². The van der Waals surface area contributed by atoms with Gasteiger partial charge in [0.05, 0.1) is 12.1 Å². The zero-order valence-electron chi connectivity index (χ0n) is 14.9. The molecule has 8 heteroatoms. The number of thiazole rings is 1. The number of H-pyrrole nitrogens is 2. The molecule has 4 rings (SSSR count). The molecule has 0 spiro atoms. The highest BCUT2D eigenvalue weighted by Gasteiger charge is 2.10. The zero-order chi connectivity index (χ0) is 18.6. The number of aromatic nitrogens is 4. The molecule has 0 radical (unpaired) electrons. The molecule has 0 bridgehead atoms. The quantitative estimate of drug-likeness (QED) is 0.394. The first-order valence-corrected chi connectivity index (χ1v) is 9.60. The lowest BCUT2D eigenvalue weighted by atomic mass is 10.1. The molecule has 4 N–H and O–H groups in total. The Morgan fingerprint density at radius 3 is 3.04 bits per heavy atom. The van der Waals surface area contributed by atoms with Gasteiger partial charge in [0, 0.05) is 40.8 Å². The Balaban J connectivity index is 1.28. The van der Waals surface area contributed by atoms with E-state index in [9.17, 15) is 4.79 Å². The summed E-state index contributed by atoms with van der Waals surface area (Å²) in [7, 11) is 0. The maximum Gasteiger partial charge on any atom is 0.231 e. The number of anilines is 2. The summed E-state index contributed by atoms with van der Waals surface area (Å²) in [4.78, 5) is 19.9. The van der Waals surface area contributed by atoms with Gasteiger partial charge in [-0.05, 0) is 25.0 Å². The first kappa shape index (κ1) is 17.3. The van der Waals surface area contributed by atoms with Crippen molar-refractivity contribution in [1.29, 1.82) is 0 Å². The van der Waals surface area contributed by atoms with Gasteiger partial charge >= 0.3 is 0 Å². The minimum absolute atomic E-state index is 0.128. The molecule has 0 saturated carbocycles. The Bertz CT molecular complexity index is 1060. The van der Waals surface area contributed by atoms with E-state index in [1.54, 1.807) is 6.07 Å². The predicted molar refractivity (Wildman–Crippen MR) is 108 cm³/mol. The van der Waals surface area contributed by atoms with Crippen LogP contribution in [0.2, 0.25) is 0 Å². The Kier molecular flexibility index (Phi) is 4.88. The van der Waals surface area contributed by atoms with E-state index in [0.29, 0.717) is 5.82 Å². The van der Waals surface area contributed by atoms with Crippen LogP contribution in [0.15, 0.2) is 41.9 Å². The van der Waals surface area contributed by atoms with Crippen molar-refractivity contribution in [2.75, 3.05) is 17.2 Å². The number of amides is 1. The molecular weight excluding hydrogens is 360 g/mol. The third-order valence-electron chi connectivity index (χ3n) is 4.21. The molecule has 27 heavy (non-hydrogen) atoms. The minimum atomic E-state index is -0.128. The van der Waals surface area contributed by atoms with E-state index in [1.165, 1.54) is 22.3 Å². The number of benzene rings is 1. The normalized spacial score (nSPS) is 11.0. The number of nitrogens with zero attached hydrogens (tertiary/aromatic N) is 2. The number of rotatable bonds is 7. The maximum atomic E-state index is 12.1. The van der Waals surface area contributed by atoms with Gasteiger partial charge in [-0.25, -0.2) is 4.98 Å². The summed E-state index contributed by atoms with van der Waals surface area (Å²) >= 11 is 1.51. The zero-order valence-corrected chi connectivity index (χ0v) is 15.7. The third-order valence-corrected chi connectivity index (χ3v) is 5.06. The van der Waals surface area contributed by atoms with Gasteiger partial charge in [-0.2, -0.15) is 5.10 Å². The largest absolute Gasteiger partial charge is 0.361 e.